The maximum absolute atomic E-state index is 14.5. The van der Waals surface area contributed by atoms with E-state index in [0.29, 0.717) is 21.9 Å². The SMILES string of the molecule is CCCCC(CC)CN1C(=O)c2ccc3c4c(ccc(c24)C1=O)C(=O)N(c1cc(C)c(N2C(=O)c4ccc5c6c(ccc(c46)C2=O)C(=O)N(CC(CC)CCCC)C5=O)cc1C)C3=O. The van der Waals surface area contributed by atoms with E-state index in [0.717, 1.165) is 61.2 Å². The zero-order valence-corrected chi connectivity index (χ0v) is 37.1. The number of imide groups is 4. The van der Waals surface area contributed by atoms with Crippen molar-refractivity contribution >= 4 is 80.2 Å². The predicted molar refractivity (Wildman–Crippen MR) is 243 cm³/mol. The van der Waals surface area contributed by atoms with Crippen LogP contribution in [0.25, 0.3) is 21.5 Å². The van der Waals surface area contributed by atoms with Gasteiger partial charge in [-0.3, -0.25) is 48.2 Å². The number of benzene rings is 5. The number of hydrogen-bond donors (Lipinski definition) is 0. The topological polar surface area (TPSA) is 150 Å². The van der Waals surface area contributed by atoms with Crippen molar-refractivity contribution in [3.05, 3.63) is 116 Å². The Labute approximate surface area is 371 Å². The second-order valence-corrected chi connectivity index (χ2v) is 17.7. The molecule has 0 bridgehead atoms. The molecule has 4 aliphatic heterocycles. The summed E-state index contributed by atoms with van der Waals surface area (Å²) in [6.07, 6.45) is 7.41. The molecule has 0 aliphatic carbocycles. The number of anilines is 2. The summed E-state index contributed by atoms with van der Waals surface area (Å²) in [7, 11) is 0. The van der Waals surface area contributed by atoms with Crippen molar-refractivity contribution in [3.63, 3.8) is 0 Å². The third kappa shape index (κ3) is 6.24. The Hall–Kier alpha value is -6.82. The van der Waals surface area contributed by atoms with Crippen molar-refractivity contribution in [2.24, 2.45) is 11.8 Å². The molecule has 326 valence electrons. The molecule has 64 heavy (non-hydrogen) atoms. The predicted octanol–water partition coefficient (Wildman–Crippen LogP) is 9.84. The molecule has 0 N–H and O–H groups in total. The largest absolute Gasteiger partial charge is 0.274 e. The molecule has 0 spiro atoms. The second kappa shape index (κ2) is 16.1. The van der Waals surface area contributed by atoms with Crippen LogP contribution in [-0.2, 0) is 0 Å². The highest BCUT2D eigenvalue weighted by atomic mass is 16.2. The Bertz CT molecular complexity index is 2630. The Kier molecular flexibility index (Phi) is 10.7. The summed E-state index contributed by atoms with van der Waals surface area (Å²) in [6, 6.07) is 15.6. The Morgan fingerprint density at radius 1 is 0.391 bits per heavy atom. The van der Waals surface area contributed by atoms with Crippen LogP contribution >= 0.6 is 0 Å². The highest BCUT2D eigenvalue weighted by Crippen LogP contribution is 2.44. The molecule has 5 aromatic rings. The van der Waals surface area contributed by atoms with Crippen LogP contribution in [0.15, 0.2) is 60.7 Å². The van der Waals surface area contributed by atoms with E-state index in [-0.39, 0.29) is 91.6 Å². The van der Waals surface area contributed by atoms with Gasteiger partial charge in [-0.05, 0) is 110 Å². The second-order valence-electron chi connectivity index (χ2n) is 17.7. The van der Waals surface area contributed by atoms with Gasteiger partial charge >= 0.3 is 0 Å². The van der Waals surface area contributed by atoms with Gasteiger partial charge in [0.2, 0.25) is 0 Å². The molecule has 12 heteroatoms. The third-order valence-corrected chi connectivity index (χ3v) is 13.9. The minimum Gasteiger partial charge on any atom is -0.274 e. The van der Waals surface area contributed by atoms with Crippen molar-refractivity contribution < 1.29 is 38.4 Å². The average molecular weight is 859 g/mol. The number of aryl methyl sites for hydroxylation is 2. The number of carbonyl (C=O) groups excluding carboxylic acids is 8. The van der Waals surface area contributed by atoms with Crippen molar-refractivity contribution in [2.45, 2.75) is 92.9 Å². The van der Waals surface area contributed by atoms with Gasteiger partial charge in [0.25, 0.3) is 47.3 Å². The highest BCUT2D eigenvalue weighted by Gasteiger charge is 2.44. The maximum Gasteiger partial charge on any atom is 0.265 e. The number of hydrogen-bond acceptors (Lipinski definition) is 8. The standard InChI is InChI=1S/C52H50N4O8/c1-7-11-13-29(9-3)25-53-45(57)31-15-19-35-43-36(20-16-32(41(31)43)46(53)58)50(62)55(49(35)61)39-23-28(6)40(24-27(39)5)56-51(63)37-21-17-33-42-34(18-22-38(44(37)42)52(56)64)48(60)54(47(33)59)26-30(10-4)14-12-8-2/h15-24,29-30H,7-14,25-26H2,1-6H3. The molecule has 0 radical (unpaired) electrons. The van der Waals surface area contributed by atoms with Gasteiger partial charge in [0.15, 0.2) is 0 Å². The minimum atomic E-state index is -0.642. The van der Waals surface area contributed by atoms with Crippen LogP contribution in [0.5, 0.6) is 0 Å². The van der Waals surface area contributed by atoms with Gasteiger partial charge < -0.3 is 0 Å². The molecule has 0 aromatic heterocycles. The van der Waals surface area contributed by atoms with Crippen LogP contribution in [0.3, 0.4) is 0 Å². The number of nitrogens with zero attached hydrogens (tertiary/aromatic N) is 4. The zero-order chi connectivity index (χ0) is 45.5. The first kappa shape index (κ1) is 42.5. The van der Waals surface area contributed by atoms with E-state index in [1.807, 2.05) is 13.8 Å². The summed E-state index contributed by atoms with van der Waals surface area (Å²) in [5.74, 6) is -4.05. The summed E-state index contributed by atoms with van der Waals surface area (Å²) < 4.78 is 0. The molecule has 4 aliphatic rings. The molecule has 4 heterocycles. The summed E-state index contributed by atoms with van der Waals surface area (Å²) in [5.41, 5.74) is 3.06. The Morgan fingerprint density at radius 3 is 0.875 bits per heavy atom. The molecule has 8 amide bonds. The molecule has 9 rings (SSSR count). The number of carbonyl (C=O) groups is 8. The van der Waals surface area contributed by atoms with Gasteiger partial charge in [-0.1, -0.05) is 66.2 Å². The van der Waals surface area contributed by atoms with Gasteiger partial charge in [-0.25, -0.2) is 9.80 Å². The molecule has 0 saturated carbocycles. The summed E-state index contributed by atoms with van der Waals surface area (Å²) in [5, 5.41) is 1.13. The highest BCUT2D eigenvalue weighted by molar-refractivity contribution is 6.41. The molecular formula is C52H50N4O8. The molecule has 0 saturated heterocycles. The van der Waals surface area contributed by atoms with E-state index >= 15 is 0 Å². The lowest BCUT2D eigenvalue weighted by atomic mass is 9.85. The lowest BCUT2D eigenvalue weighted by molar-refractivity contribution is 0.0565. The third-order valence-electron chi connectivity index (χ3n) is 13.9. The van der Waals surface area contributed by atoms with E-state index in [1.54, 1.807) is 50.2 Å². The Balaban J connectivity index is 1.04. The lowest BCUT2D eigenvalue weighted by Crippen LogP contribution is -2.45. The number of unbranched alkanes of at least 4 members (excludes halogenated alkanes) is 2. The summed E-state index contributed by atoms with van der Waals surface area (Å²) in [6.45, 7) is 12.2. The summed E-state index contributed by atoms with van der Waals surface area (Å²) >= 11 is 0. The van der Waals surface area contributed by atoms with Crippen LogP contribution in [-0.4, -0.2) is 70.1 Å². The van der Waals surface area contributed by atoms with Crippen LogP contribution in [0.1, 0.15) is 173 Å². The quantitative estimate of drug-likeness (QED) is 0.100. The van der Waals surface area contributed by atoms with Crippen LogP contribution in [0.4, 0.5) is 11.4 Å². The van der Waals surface area contributed by atoms with Gasteiger partial charge in [-0.2, -0.15) is 0 Å². The van der Waals surface area contributed by atoms with Gasteiger partial charge in [0.1, 0.15) is 0 Å². The zero-order valence-electron chi connectivity index (χ0n) is 37.1. The van der Waals surface area contributed by atoms with E-state index in [1.165, 1.54) is 34.1 Å². The fraction of sp³-hybridized carbons (Fsp3) is 0.346. The fourth-order valence-corrected chi connectivity index (χ4v) is 10.2. The van der Waals surface area contributed by atoms with Crippen molar-refractivity contribution in [2.75, 3.05) is 22.9 Å². The van der Waals surface area contributed by atoms with Gasteiger partial charge in [0, 0.05) is 79.1 Å². The Morgan fingerprint density at radius 2 is 0.641 bits per heavy atom. The lowest BCUT2D eigenvalue weighted by Gasteiger charge is -2.34. The van der Waals surface area contributed by atoms with Crippen molar-refractivity contribution in [3.8, 4) is 0 Å². The molecule has 5 aromatic carbocycles. The molecular weight excluding hydrogens is 809 g/mol. The average Bonchev–Trinajstić information content (AvgIpc) is 3.29. The maximum atomic E-state index is 14.5. The van der Waals surface area contributed by atoms with E-state index in [9.17, 15) is 38.4 Å². The first-order chi connectivity index (χ1) is 30.8. The van der Waals surface area contributed by atoms with E-state index in [4.69, 9.17) is 0 Å². The van der Waals surface area contributed by atoms with Crippen molar-refractivity contribution in [1.82, 2.24) is 9.80 Å². The number of amides is 8. The van der Waals surface area contributed by atoms with Crippen LogP contribution < -0.4 is 9.80 Å². The first-order valence-electron chi connectivity index (χ1n) is 22.6. The number of rotatable bonds is 14. The smallest absolute Gasteiger partial charge is 0.265 e. The van der Waals surface area contributed by atoms with E-state index < -0.39 is 47.3 Å². The normalized spacial score (nSPS) is 16.6. The van der Waals surface area contributed by atoms with Crippen LogP contribution in [0, 0.1) is 25.7 Å². The molecule has 2 atom stereocenters. The van der Waals surface area contributed by atoms with Crippen molar-refractivity contribution in [1.29, 1.82) is 0 Å². The first-order valence-corrected chi connectivity index (χ1v) is 22.6. The molecule has 0 fully saturated rings. The molecule has 2 unspecified atom stereocenters. The monoisotopic (exact) mass is 858 g/mol. The van der Waals surface area contributed by atoms with Gasteiger partial charge in [0.05, 0.1) is 11.4 Å². The van der Waals surface area contributed by atoms with Gasteiger partial charge in [-0.15, -0.1) is 0 Å². The van der Waals surface area contributed by atoms with Crippen LogP contribution in [0.2, 0.25) is 0 Å². The molecule has 12 nitrogen and oxygen atoms in total. The fourth-order valence-electron chi connectivity index (χ4n) is 10.2. The minimum absolute atomic E-state index is 0.151. The summed E-state index contributed by atoms with van der Waals surface area (Å²) in [4.78, 5) is 118. The van der Waals surface area contributed by atoms with E-state index in [2.05, 4.69) is 13.8 Å².